The first-order chi connectivity index (χ1) is 15.7. The second kappa shape index (κ2) is 13.0. The molecule has 0 aromatic heterocycles. The molecule has 0 radical (unpaired) electrons. The van der Waals surface area contributed by atoms with E-state index in [1.165, 1.54) is 23.9 Å². The minimum Gasteiger partial charge on any atom is -0.352 e. The van der Waals surface area contributed by atoms with Crippen molar-refractivity contribution in [3.05, 3.63) is 75.3 Å². The molecule has 33 heavy (non-hydrogen) atoms. The van der Waals surface area contributed by atoms with Gasteiger partial charge in [0, 0.05) is 30.5 Å². The predicted octanol–water partition coefficient (Wildman–Crippen LogP) is 4.86. The summed E-state index contributed by atoms with van der Waals surface area (Å²) in [5, 5.41) is 13.8. The molecule has 2 atom stereocenters. The number of non-ortho nitro benzene ring substituents is 1. The zero-order chi connectivity index (χ0) is 24.4. The maximum Gasteiger partial charge on any atom is 0.269 e. The number of carbonyl (C=O) groups excluding carboxylic acids is 2. The Morgan fingerprint density at radius 2 is 1.79 bits per heavy atom. The van der Waals surface area contributed by atoms with Crippen molar-refractivity contribution in [1.82, 2.24) is 10.2 Å². The average molecular weight is 472 g/mol. The van der Waals surface area contributed by atoms with Crippen LogP contribution in [-0.2, 0) is 21.9 Å². The lowest BCUT2D eigenvalue weighted by atomic mass is 10.1. The summed E-state index contributed by atoms with van der Waals surface area (Å²) in [5.74, 6) is 0.538. The van der Waals surface area contributed by atoms with Gasteiger partial charge in [-0.25, -0.2) is 0 Å². The molecular weight excluding hydrogens is 438 g/mol. The largest absolute Gasteiger partial charge is 0.352 e. The Bertz CT molecular complexity index is 949. The Hall–Kier alpha value is -2.87. The van der Waals surface area contributed by atoms with Crippen LogP contribution in [0.2, 0.25) is 0 Å². The number of aryl methyl sites for hydroxylation is 1. The van der Waals surface area contributed by atoms with E-state index in [0.717, 1.165) is 23.1 Å². The number of carbonyl (C=O) groups is 2. The molecule has 2 aromatic carbocycles. The van der Waals surface area contributed by atoms with E-state index in [9.17, 15) is 19.7 Å². The first kappa shape index (κ1) is 26.4. The standard InChI is InChI=1S/C25H33N3O4S/c1-5-19(4)26-25(30)23(6-2)27(15-21-9-7-8-18(3)14-21)24(29)17-33-16-20-10-12-22(13-11-20)28(31)32/h7-14,19,23H,5-6,15-17H2,1-4H3,(H,26,30)/t19-,23-/m0/s1. The number of thioether (sulfide) groups is 1. The molecule has 0 aliphatic carbocycles. The van der Waals surface area contributed by atoms with Gasteiger partial charge in [-0.15, -0.1) is 11.8 Å². The third-order valence-corrected chi connectivity index (χ3v) is 6.45. The number of hydrogen-bond donors (Lipinski definition) is 1. The van der Waals surface area contributed by atoms with Gasteiger partial charge in [0.05, 0.1) is 10.7 Å². The number of nitro benzene ring substituents is 1. The molecular formula is C25H33N3O4S. The van der Waals surface area contributed by atoms with Gasteiger partial charge in [0.2, 0.25) is 11.8 Å². The SMILES string of the molecule is CC[C@H](C)NC(=O)[C@H](CC)N(Cc1cccc(C)c1)C(=O)CSCc1ccc([N+](=O)[O-])cc1. The van der Waals surface area contributed by atoms with Crippen molar-refractivity contribution >= 4 is 29.3 Å². The van der Waals surface area contributed by atoms with E-state index >= 15 is 0 Å². The zero-order valence-corrected chi connectivity index (χ0v) is 20.6. The summed E-state index contributed by atoms with van der Waals surface area (Å²) in [7, 11) is 0. The third-order valence-electron chi connectivity index (χ3n) is 5.46. The molecule has 0 saturated heterocycles. The minimum atomic E-state index is -0.549. The highest BCUT2D eigenvalue weighted by Crippen LogP contribution is 2.19. The van der Waals surface area contributed by atoms with Gasteiger partial charge < -0.3 is 10.2 Å². The molecule has 7 nitrogen and oxygen atoms in total. The fourth-order valence-electron chi connectivity index (χ4n) is 3.42. The number of rotatable bonds is 12. The van der Waals surface area contributed by atoms with E-state index in [0.29, 0.717) is 18.7 Å². The lowest BCUT2D eigenvalue weighted by Gasteiger charge is -2.31. The first-order valence-corrected chi connectivity index (χ1v) is 12.4. The Balaban J connectivity index is 2.12. The van der Waals surface area contributed by atoms with E-state index < -0.39 is 11.0 Å². The summed E-state index contributed by atoms with van der Waals surface area (Å²) >= 11 is 1.44. The lowest BCUT2D eigenvalue weighted by molar-refractivity contribution is -0.384. The van der Waals surface area contributed by atoms with Gasteiger partial charge in [-0.1, -0.05) is 55.8 Å². The molecule has 1 N–H and O–H groups in total. The Morgan fingerprint density at radius 3 is 2.36 bits per heavy atom. The number of nitrogens with zero attached hydrogens (tertiary/aromatic N) is 2. The van der Waals surface area contributed by atoms with Crippen molar-refractivity contribution in [2.45, 2.75) is 64.9 Å². The lowest BCUT2D eigenvalue weighted by Crippen LogP contribution is -2.51. The summed E-state index contributed by atoms with van der Waals surface area (Å²) in [5.41, 5.74) is 3.04. The molecule has 2 aromatic rings. The molecule has 0 unspecified atom stereocenters. The third kappa shape index (κ3) is 8.20. The average Bonchev–Trinajstić information content (AvgIpc) is 2.79. The molecule has 0 heterocycles. The molecule has 0 fully saturated rings. The van der Waals surface area contributed by atoms with Crippen molar-refractivity contribution in [3.8, 4) is 0 Å². The van der Waals surface area contributed by atoms with Crippen molar-refractivity contribution in [1.29, 1.82) is 0 Å². The quantitative estimate of drug-likeness (QED) is 0.353. The monoisotopic (exact) mass is 471 g/mol. The van der Waals surface area contributed by atoms with Gasteiger partial charge in [0.1, 0.15) is 6.04 Å². The van der Waals surface area contributed by atoms with Crippen LogP contribution in [0.25, 0.3) is 0 Å². The van der Waals surface area contributed by atoms with Crippen LogP contribution in [0.4, 0.5) is 5.69 Å². The second-order valence-electron chi connectivity index (χ2n) is 8.17. The number of nitro groups is 1. The van der Waals surface area contributed by atoms with Crippen molar-refractivity contribution in [3.63, 3.8) is 0 Å². The van der Waals surface area contributed by atoms with E-state index in [1.54, 1.807) is 17.0 Å². The number of hydrogen-bond acceptors (Lipinski definition) is 5. The van der Waals surface area contributed by atoms with Crippen LogP contribution in [0.3, 0.4) is 0 Å². The van der Waals surface area contributed by atoms with Crippen LogP contribution >= 0.6 is 11.8 Å². The first-order valence-electron chi connectivity index (χ1n) is 11.2. The fourth-order valence-corrected chi connectivity index (χ4v) is 4.29. The molecule has 178 valence electrons. The highest BCUT2D eigenvalue weighted by atomic mass is 32.2. The second-order valence-corrected chi connectivity index (χ2v) is 9.15. The van der Waals surface area contributed by atoms with Crippen LogP contribution in [0, 0.1) is 17.0 Å². The number of amides is 2. The van der Waals surface area contributed by atoms with Gasteiger partial charge in [0.25, 0.3) is 5.69 Å². The smallest absolute Gasteiger partial charge is 0.269 e. The summed E-state index contributed by atoms with van der Waals surface area (Å²) in [6.07, 6.45) is 1.34. The van der Waals surface area contributed by atoms with Crippen LogP contribution in [0.1, 0.15) is 50.3 Å². The maximum atomic E-state index is 13.3. The highest BCUT2D eigenvalue weighted by molar-refractivity contribution is 7.99. The summed E-state index contributed by atoms with van der Waals surface area (Å²) in [6.45, 7) is 8.25. The Labute approximate surface area is 200 Å². The number of nitrogens with one attached hydrogen (secondary N) is 1. The Kier molecular flexibility index (Phi) is 10.4. The topological polar surface area (TPSA) is 92.6 Å². The molecule has 0 aliphatic rings. The van der Waals surface area contributed by atoms with Crippen molar-refractivity contribution in [2.75, 3.05) is 5.75 Å². The normalized spacial score (nSPS) is 12.6. The number of benzene rings is 2. The highest BCUT2D eigenvalue weighted by Gasteiger charge is 2.29. The van der Waals surface area contributed by atoms with Gasteiger partial charge >= 0.3 is 0 Å². The molecule has 2 amide bonds. The molecule has 0 spiro atoms. The Morgan fingerprint density at radius 1 is 1.09 bits per heavy atom. The summed E-state index contributed by atoms with van der Waals surface area (Å²) in [4.78, 5) is 38.3. The molecule has 8 heteroatoms. The summed E-state index contributed by atoms with van der Waals surface area (Å²) < 4.78 is 0. The summed E-state index contributed by atoms with van der Waals surface area (Å²) in [6, 6.07) is 13.8. The van der Waals surface area contributed by atoms with Crippen LogP contribution in [0.5, 0.6) is 0 Å². The van der Waals surface area contributed by atoms with Crippen molar-refractivity contribution in [2.24, 2.45) is 0 Å². The molecule has 2 rings (SSSR count). The van der Waals surface area contributed by atoms with Crippen molar-refractivity contribution < 1.29 is 14.5 Å². The van der Waals surface area contributed by atoms with E-state index in [4.69, 9.17) is 0 Å². The van der Waals surface area contributed by atoms with Crippen LogP contribution < -0.4 is 5.32 Å². The van der Waals surface area contributed by atoms with Crippen LogP contribution in [0.15, 0.2) is 48.5 Å². The molecule has 0 saturated carbocycles. The van der Waals surface area contributed by atoms with E-state index in [-0.39, 0.29) is 29.3 Å². The maximum absolute atomic E-state index is 13.3. The van der Waals surface area contributed by atoms with E-state index in [2.05, 4.69) is 5.32 Å². The van der Waals surface area contributed by atoms with Crippen LogP contribution in [-0.4, -0.2) is 39.5 Å². The van der Waals surface area contributed by atoms with E-state index in [1.807, 2.05) is 52.0 Å². The molecule has 0 bridgehead atoms. The van der Waals surface area contributed by atoms with Gasteiger partial charge in [-0.05, 0) is 37.8 Å². The van der Waals surface area contributed by atoms with Gasteiger partial charge in [0.15, 0.2) is 0 Å². The van der Waals surface area contributed by atoms with Gasteiger partial charge in [-0.3, -0.25) is 19.7 Å². The predicted molar refractivity (Wildman–Crippen MR) is 133 cm³/mol. The molecule has 0 aliphatic heterocycles. The fraction of sp³-hybridized carbons (Fsp3) is 0.440. The van der Waals surface area contributed by atoms with Gasteiger partial charge in [-0.2, -0.15) is 0 Å². The zero-order valence-electron chi connectivity index (χ0n) is 19.7. The minimum absolute atomic E-state index is 0.0407.